The van der Waals surface area contributed by atoms with Crippen LogP contribution in [-0.4, -0.2) is 28.2 Å². The molecule has 0 aromatic heterocycles. The molecule has 1 aromatic rings. The molecule has 5 nitrogen and oxygen atoms in total. The molecule has 0 amide bonds. The summed E-state index contributed by atoms with van der Waals surface area (Å²) in [5.74, 6) is -1.21. The Morgan fingerprint density at radius 1 is 1.27 bits per heavy atom. The highest BCUT2D eigenvalue weighted by molar-refractivity contribution is 9.10. The Hall–Kier alpha value is -0.660. The molecule has 1 N–H and O–H groups in total. The normalized spacial score (nSPS) is 16.6. The lowest BCUT2D eigenvalue weighted by Gasteiger charge is -2.36. The first-order valence-electron chi connectivity index (χ1n) is 7.84. The van der Waals surface area contributed by atoms with E-state index in [1.807, 2.05) is 0 Å². The fourth-order valence-corrected chi connectivity index (χ4v) is 4.91. The Bertz CT molecular complexity index is 816. The third kappa shape index (κ3) is 5.20. The second-order valence-electron chi connectivity index (χ2n) is 7.82. The SMILES string of the molecule is CC(C)(C)[S+]([O-])N[C@@](C)(CS(=O)(=O)C(C)(C)C#N)c1cc(Br)ccc1F. The minimum atomic E-state index is -3.98. The lowest BCUT2D eigenvalue weighted by molar-refractivity contribution is 0.431. The number of sulfone groups is 1. The Kier molecular flexibility index (Phi) is 6.98. The van der Waals surface area contributed by atoms with Crippen molar-refractivity contribution in [1.82, 2.24) is 4.72 Å². The lowest BCUT2D eigenvalue weighted by atomic mass is 9.95. The molecule has 9 heteroatoms. The van der Waals surface area contributed by atoms with Crippen LogP contribution in [0.4, 0.5) is 4.39 Å². The van der Waals surface area contributed by atoms with E-state index in [1.54, 1.807) is 26.8 Å². The number of nitrogens with zero attached hydrogens (tertiary/aromatic N) is 1. The van der Waals surface area contributed by atoms with Gasteiger partial charge < -0.3 is 4.55 Å². The van der Waals surface area contributed by atoms with Gasteiger partial charge in [-0.25, -0.2) is 12.8 Å². The second-order valence-corrected chi connectivity index (χ2v) is 13.2. The molecule has 26 heavy (non-hydrogen) atoms. The molecular weight excluding hydrogens is 443 g/mol. The van der Waals surface area contributed by atoms with Gasteiger partial charge in [-0.15, -0.1) is 4.72 Å². The summed E-state index contributed by atoms with van der Waals surface area (Å²) in [6, 6.07) is 5.93. The first-order chi connectivity index (χ1) is 11.6. The summed E-state index contributed by atoms with van der Waals surface area (Å²) in [5.41, 5.74) is -1.44. The van der Waals surface area contributed by atoms with E-state index in [1.165, 1.54) is 39.0 Å². The Morgan fingerprint density at radius 2 is 1.81 bits per heavy atom. The van der Waals surface area contributed by atoms with Crippen molar-refractivity contribution in [2.24, 2.45) is 0 Å². The monoisotopic (exact) mass is 466 g/mol. The van der Waals surface area contributed by atoms with Crippen LogP contribution >= 0.6 is 15.9 Å². The molecule has 0 heterocycles. The summed E-state index contributed by atoms with van der Waals surface area (Å²) in [5, 5.41) is 9.22. The van der Waals surface area contributed by atoms with Gasteiger partial charge in [-0.2, -0.15) is 5.26 Å². The number of halogens is 2. The number of hydrogen-bond acceptors (Lipinski definition) is 5. The van der Waals surface area contributed by atoms with Gasteiger partial charge in [0.15, 0.2) is 14.6 Å². The highest BCUT2D eigenvalue weighted by Gasteiger charge is 2.46. The molecule has 2 atom stereocenters. The number of nitriles is 1. The zero-order chi connectivity index (χ0) is 20.6. The van der Waals surface area contributed by atoms with E-state index in [-0.39, 0.29) is 5.56 Å². The fraction of sp³-hybridized carbons (Fsp3) is 0.588. The zero-order valence-electron chi connectivity index (χ0n) is 15.7. The molecule has 1 unspecified atom stereocenters. The van der Waals surface area contributed by atoms with Crippen LogP contribution in [-0.2, 0) is 26.7 Å². The lowest BCUT2D eigenvalue weighted by Crippen LogP contribution is -2.55. The van der Waals surface area contributed by atoms with Gasteiger partial charge in [0.1, 0.15) is 16.1 Å². The molecule has 146 valence electrons. The molecule has 1 aromatic carbocycles. The van der Waals surface area contributed by atoms with Crippen LogP contribution < -0.4 is 4.72 Å². The smallest absolute Gasteiger partial charge is 0.171 e. The highest BCUT2D eigenvalue weighted by atomic mass is 79.9. The second kappa shape index (κ2) is 7.76. The molecule has 1 rings (SSSR count). The standard InChI is InChI=1S/C17H24BrFN2O3S2/c1-15(2,3)25(22)21-17(6,11-26(23,24)16(4,5)10-20)13-9-12(18)7-8-14(13)19/h7-9,21H,11H2,1-6H3/t17-,25?/m0/s1. The minimum absolute atomic E-state index is 0.0572. The van der Waals surface area contributed by atoms with Crippen molar-refractivity contribution in [3.05, 3.63) is 34.1 Å². The van der Waals surface area contributed by atoms with E-state index in [0.717, 1.165) is 0 Å². The number of benzene rings is 1. The summed E-state index contributed by atoms with van der Waals surface area (Å²) in [7, 11) is -3.98. The van der Waals surface area contributed by atoms with Gasteiger partial charge in [0.2, 0.25) is 0 Å². The van der Waals surface area contributed by atoms with E-state index in [9.17, 15) is 22.6 Å². The molecule has 0 saturated heterocycles. The summed E-state index contributed by atoms with van der Waals surface area (Å²) in [4.78, 5) is 0. The predicted octanol–water partition coefficient (Wildman–Crippen LogP) is 3.57. The van der Waals surface area contributed by atoms with Crippen LogP contribution in [0.25, 0.3) is 0 Å². The van der Waals surface area contributed by atoms with Gasteiger partial charge in [-0.05, 0) is 59.7 Å². The summed E-state index contributed by atoms with van der Waals surface area (Å²) in [6.45, 7) is 9.23. The van der Waals surface area contributed by atoms with Gasteiger partial charge in [0.05, 0.1) is 11.8 Å². The van der Waals surface area contributed by atoms with Crippen LogP contribution in [0.2, 0.25) is 0 Å². The molecule has 0 aliphatic rings. The van der Waals surface area contributed by atoms with Gasteiger partial charge in [-0.3, -0.25) is 0 Å². The van der Waals surface area contributed by atoms with Crippen LogP contribution in [0.1, 0.15) is 47.1 Å². The topological polar surface area (TPSA) is 93.0 Å². The van der Waals surface area contributed by atoms with Crippen molar-refractivity contribution in [2.75, 3.05) is 5.75 Å². The van der Waals surface area contributed by atoms with Gasteiger partial charge in [0, 0.05) is 21.4 Å². The predicted molar refractivity (Wildman–Crippen MR) is 106 cm³/mol. The average molecular weight is 467 g/mol. The highest BCUT2D eigenvalue weighted by Crippen LogP contribution is 2.33. The molecule has 0 aliphatic carbocycles. The third-order valence-corrected chi connectivity index (χ3v) is 8.77. The minimum Gasteiger partial charge on any atom is -0.598 e. The zero-order valence-corrected chi connectivity index (χ0v) is 18.9. The van der Waals surface area contributed by atoms with Crippen LogP contribution in [0, 0.1) is 17.1 Å². The summed E-state index contributed by atoms with van der Waals surface area (Å²) < 4.78 is 53.8. The first-order valence-corrected chi connectivity index (χ1v) is 11.4. The molecule has 0 spiro atoms. The van der Waals surface area contributed by atoms with Gasteiger partial charge in [-0.1, -0.05) is 15.9 Å². The van der Waals surface area contributed by atoms with Crippen LogP contribution in [0.15, 0.2) is 22.7 Å². The average Bonchev–Trinajstić information content (AvgIpc) is 2.47. The van der Waals surface area contributed by atoms with Gasteiger partial charge in [0.25, 0.3) is 0 Å². The Labute approximate surface area is 166 Å². The van der Waals surface area contributed by atoms with Crippen molar-refractivity contribution in [3.63, 3.8) is 0 Å². The van der Waals surface area contributed by atoms with Gasteiger partial charge >= 0.3 is 0 Å². The maximum Gasteiger partial charge on any atom is 0.171 e. The van der Waals surface area contributed by atoms with E-state index in [2.05, 4.69) is 20.7 Å². The summed E-state index contributed by atoms with van der Waals surface area (Å²) >= 11 is 1.59. The molecule has 0 saturated carbocycles. The Morgan fingerprint density at radius 3 is 2.27 bits per heavy atom. The van der Waals surface area contributed by atoms with Crippen LogP contribution in [0.5, 0.6) is 0 Å². The van der Waals surface area contributed by atoms with Crippen LogP contribution in [0.3, 0.4) is 0 Å². The first kappa shape index (κ1) is 23.4. The van der Waals surface area contributed by atoms with Crippen molar-refractivity contribution < 1.29 is 17.4 Å². The maximum absolute atomic E-state index is 14.5. The number of nitrogens with one attached hydrogen (secondary N) is 1. The molecule has 0 fully saturated rings. The Balaban J connectivity index is 3.54. The van der Waals surface area contributed by atoms with Crippen molar-refractivity contribution >= 4 is 37.1 Å². The van der Waals surface area contributed by atoms with E-state index in [4.69, 9.17) is 0 Å². The van der Waals surface area contributed by atoms with E-state index >= 15 is 0 Å². The third-order valence-electron chi connectivity index (χ3n) is 3.92. The van der Waals surface area contributed by atoms with E-state index < -0.39 is 47.8 Å². The molecule has 0 radical (unpaired) electrons. The largest absolute Gasteiger partial charge is 0.598 e. The van der Waals surface area contributed by atoms with Crippen molar-refractivity contribution in [3.8, 4) is 6.07 Å². The summed E-state index contributed by atoms with van der Waals surface area (Å²) in [6.07, 6.45) is 0. The van der Waals surface area contributed by atoms with Crippen molar-refractivity contribution in [2.45, 2.75) is 56.6 Å². The number of hydrogen-bond donors (Lipinski definition) is 1. The van der Waals surface area contributed by atoms with Crippen molar-refractivity contribution in [1.29, 1.82) is 5.26 Å². The quantitative estimate of drug-likeness (QED) is 0.646. The number of rotatable bonds is 6. The molecule has 0 bridgehead atoms. The van der Waals surface area contributed by atoms with E-state index in [0.29, 0.717) is 4.47 Å². The maximum atomic E-state index is 14.5. The molecular formula is C17H24BrFN2O3S2. The molecule has 0 aliphatic heterocycles. The fourth-order valence-electron chi connectivity index (χ4n) is 2.07.